The number of nitrogens with zero attached hydrogens (tertiary/aromatic N) is 1. The molecular formula is C14H16Cl2N2O4. The fourth-order valence-corrected chi connectivity index (χ4v) is 2.26. The van der Waals surface area contributed by atoms with E-state index in [1.54, 1.807) is 25.1 Å². The Labute approximate surface area is 138 Å². The Morgan fingerprint density at radius 1 is 1.45 bits per heavy atom. The smallest absolute Gasteiger partial charge is 0.414 e. The summed E-state index contributed by atoms with van der Waals surface area (Å²) in [5.74, 6) is -0.245. The first kappa shape index (κ1) is 16.9. The third-order valence-electron chi connectivity index (χ3n) is 3.05. The number of nitrogens with one attached hydrogen (secondary N) is 1. The van der Waals surface area contributed by atoms with Gasteiger partial charge < -0.3 is 14.8 Å². The largest absolute Gasteiger partial charge is 0.442 e. The van der Waals surface area contributed by atoms with Crippen LogP contribution < -0.4 is 10.2 Å². The molecule has 1 aliphatic rings. The lowest BCUT2D eigenvalue weighted by Gasteiger charge is -2.13. The highest BCUT2D eigenvalue weighted by atomic mass is 35.5. The van der Waals surface area contributed by atoms with E-state index < -0.39 is 12.2 Å². The minimum absolute atomic E-state index is 0.00628. The Hall–Kier alpha value is -1.50. The molecule has 0 radical (unpaired) electrons. The van der Waals surface area contributed by atoms with Crippen LogP contribution in [0.15, 0.2) is 18.2 Å². The van der Waals surface area contributed by atoms with E-state index in [4.69, 9.17) is 32.7 Å². The Morgan fingerprint density at radius 3 is 2.91 bits per heavy atom. The second-order valence-corrected chi connectivity index (χ2v) is 5.47. The fourth-order valence-electron chi connectivity index (χ4n) is 1.97. The van der Waals surface area contributed by atoms with E-state index in [9.17, 15) is 9.59 Å². The van der Waals surface area contributed by atoms with E-state index in [2.05, 4.69) is 5.32 Å². The van der Waals surface area contributed by atoms with Gasteiger partial charge in [-0.25, -0.2) is 4.79 Å². The van der Waals surface area contributed by atoms with Crippen LogP contribution in [0.2, 0.25) is 10.0 Å². The molecule has 2 rings (SSSR count). The van der Waals surface area contributed by atoms with Crippen molar-refractivity contribution in [3.8, 4) is 0 Å². The summed E-state index contributed by atoms with van der Waals surface area (Å²) >= 11 is 11.8. The maximum atomic E-state index is 11.9. The van der Waals surface area contributed by atoms with Gasteiger partial charge in [-0.3, -0.25) is 9.69 Å². The van der Waals surface area contributed by atoms with Gasteiger partial charge in [0.15, 0.2) is 0 Å². The number of hydrogen-bond acceptors (Lipinski definition) is 4. The molecule has 1 saturated heterocycles. The summed E-state index contributed by atoms with van der Waals surface area (Å²) in [6.45, 7) is 2.83. The molecular weight excluding hydrogens is 331 g/mol. The van der Waals surface area contributed by atoms with Gasteiger partial charge in [-0.15, -0.1) is 0 Å². The number of benzene rings is 1. The summed E-state index contributed by atoms with van der Waals surface area (Å²) in [6, 6.07) is 4.90. The molecule has 0 saturated carbocycles. The highest BCUT2D eigenvalue weighted by Gasteiger charge is 2.32. The maximum absolute atomic E-state index is 11.9. The van der Waals surface area contributed by atoms with Gasteiger partial charge in [0, 0.05) is 12.3 Å². The van der Waals surface area contributed by atoms with Gasteiger partial charge in [-0.2, -0.15) is 0 Å². The minimum Gasteiger partial charge on any atom is -0.442 e. The average Bonchev–Trinajstić information content (AvgIpc) is 2.87. The number of hydrogen-bond donors (Lipinski definition) is 1. The number of halogens is 2. The van der Waals surface area contributed by atoms with Crippen molar-refractivity contribution in [1.82, 2.24) is 5.32 Å². The van der Waals surface area contributed by atoms with Gasteiger partial charge >= 0.3 is 6.09 Å². The van der Waals surface area contributed by atoms with Crippen LogP contribution in [0.3, 0.4) is 0 Å². The van der Waals surface area contributed by atoms with E-state index in [0.717, 1.165) is 0 Å². The predicted molar refractivity (Wildman–Crippen MR) is 83.6 cm³/mol. The summed E-state index contributed by atoms with van der Waals surface area (Å²) in [7, 11) is 0. The lowest BCUT2D eigenvalue weighted by Crippen LogP contribution is -2.36. The van der Waals surface area contributed by atoms with E-state index in [1.807, 2.05) is 0 Å². The van der Waals surface area contributed by atoms with Gasteiger partial charge in [-0.1, -0.05) is 23.2 Å². The van der Waals surface area contributed by atoms with Crippen molar-refractivity contribution in [1.29, 1.82) is 0 Å². The van der Waals surface area contributed by atoms with E-state index >= 15 is 0 Å². The van der Waals surface area contributed by atoms with Crippen molar-refractivity contribution in [2.24, 2.45) is 0 Å². The number of carbonyl (C=O) groups excluding carboxylic acids is 2. The molecule has 1 aromatic carbocycles. The van der Waals surface area contributed by atoms with Crippen molar-refractivity contribution < 1.29 is 19.1 Å². The van der Waals surface area contributed by atoms with Crippen LogP contribution in [-0.2, 0) is 14.3 Å². The van der Waals surface area contributed by atoms with Crippen LogP contribution in [0.5, 0.6) is 0 Å². The second-order valence-electron chi connectivity index (χ2n) is 4.66. The van der Waals surface area contributed by atoms with E-state index in [0.29, 0.717) is 28.9 Å². The number of anilines is 1. The van der Waals surface area contributed by atoms with Crippen LogP contribution in [0, 0.1) is 0 Å². The predicted octanol–water partition coefficient (Wildman–Crippen LogP) is 2.47. The highest BCUT2D eigenvalue weighted by molar-refractivity contribution is 6.42. The molecule has 1 atom stereocenters. The van der Waals surface area contributed by atoms with Gasteiger partial charge in [0.25, 0.3) is 0 Å². The fraction of sp³-hybridized carbons (Fsp3) is 0.429. The third kappa shape index (κ3) is 4.25. The molecule has 0 aromatic heterocycles. The summed E-state index contributed by atoms with van der Waals surface area (Å²) in [6.07, 6.45) is -0.907. The lowest BCUT2D eigenvalue weighted by atomic mass is 10.2. The third-order valence-corrected chi connectivity index (χ3v) is 3.79. The monoisotopic (exact) mass is 346 g/mol. The molecule has 1 heterocycles. The van der Waals surface area contributed by atoms with Crippen molar-refractivity contribution in [2.75, 3.05) is 31.2 Å². The van der Waals surface area contributed by atoms with Gasteiger partial charge in [0.1, 0.15) is 12.7 Å². The topological polar surface area (TPSA) is 67.9 Å². The standard InChI is InChI=1S/C14H16Cl2N2O4/c1-2-21-8-13(19)17-6-10-7-18(14(20)22-10)9-3-4-11(15)12(16)5-9/h3-5,10H,2,6-8H2,1H3,(H,17,19). The Balaban J connectivity index is 1.90. The molecule has 0 bridgehead atoms. The number of amides is 2. The normalized spacial score (nSPS) is 17.5. The molecule has 2 amide bonds. The first-order valence-electron chi connectivity index (χ1n) is 6.79. The zero-order chi connectivity index (χ0) is 16.1. The average molecular weight is 347 g/mol. The number of rotatable bonds is 6. The number of cyclic esters (lactones) is 1. The van der Waals surface area contributed by atoms with Gasteiger partial charge in [0.05, 0.1) is 23.1 Å². The first-order chi connectivity index (χ1) is 10.5. The molecule has 6 nitrogen and oxygen atoms in total. The molecule has 1 aliphatic heterocycles. The van der Waals surface area contributed by atoms with Crippen molar-refractivity contribution in [2.45, 2.75) is 13.0 Å². The molecule has 22 heavy (non-hydrogen) atoms. The maximum Gasteiger partial charge on any atom is 0.414 e. The second kappa shape index (κ2) is 7.67. The van der Waals surface area contributed by atoms with Crippen molar-refractivity contribution >= 4 is 40.9 Å². The van der Waals surface area contributed by atoms with Crippen molar-refractivity contribution in [3.05, 3.63) is 28.2 Å². The Morgan fingerprint density at radius 2 is 2.23 bits per heavy atom. The van der Waals surface area contributed by atoms with Gasteiger partial charge in [-0.05, 0) is 25.1 Å². The molecule has 0 aliphatic carbocycles. The molecule has 1 fully saturated rings. The summed E-state index contributed by atoms with van der Waals surface area (Å²) < 4.78 is 10.2. The molecule has 1 aromatic rings. The first-order valence-corrected chi connectivity index (χ1v) is 7.54. The summed E-state index contributed by atoms with van der Waals surface area (Å²) in [5, 5.41) is 3.43. The molecule has 0 spiro atoms. The van der Waals surface area contributed by atoms with E-state index in [-0.39, 0.29) is 19.1 Å². The summed E-state index contributed by atoms with van der Waals surface area (Å²) in [5.41, 5.74) is 0.600. The van der Waals surface area contributed by atoms with Crippen LogP contribution in [-0.4, -0.2) is 44.4 Å². The highest BCUT2D eigenvalue weighted by Crippen LogP contribution is 2.29. The quantitative estimate of drug-likeness (QED) is 0.859. The van der Waals surface area contributed by atoms with E-state index in [1.165, 1.54) is 4.90 Å². The molecule has 1 N–H and O–H groups in total. The SMILES string of the molecule is CCOCC(=O)NCC1CN(c2ccc(Cl)c(Cl)c2)C(=O)O1. The van der Waals surface area contributed by atoms with Crippen LogP contribution in [0.1, 0.15) is 6.92 Å². The van der Waals surface area contributed by atoms with Crippen LogP contribution >= 0.6 is 23.2 Å². The Bertz CT molecular complexity index is 568. The zero-order valence-electron chi connectivity index (χ0n) is 12.0. The Kier molecular flexibility index (Phi) is 5.88. The molecule has 8 heteroatoms. The van der Waals surface area contributed by atoms with Gasteiger partial charge in [0.2, 0.25) is 5.91 Å². The number of ether oxygens (including phenoxy) is 2. The lowest BCUT2D eigenvalue weighted by molar-refractivity contribution is -0.125. The molecule has 120 valence electrons. The van der Waals surface area contributed by atoms with Crippen LogP contribution in [0.4, 0.5) is 10.5 Å². The van der Waals surface area contributed by atoms with Crippen LogP contribution in [0.25, 0.3) is 0 Å². The summed E-state index contributed by atoms with van der Waals surface area (Å²) in [4.78, 5) is 24.8. The number of carbonyl (C=O) groups is 2. The minimum atomic E-state index is -0.484. The van der Waals surface area contributed by atoms with Crippen molar-refractivity contribution in [3.63, 3.8) is 0 Å². The zero-order valence-corrected chi connectivity index (χ0v) is 13.5. The molecule has 1 unspecified atom stereocenters.